The molecule has 1 aromatic heterocycles. The molecule has 0 saturated heterocycles. The molecule has 3 rings (SSSR count). The van der Waals surface area contributed by atoms with Crippen LogP contribution in [0.4, 0.5) is 10.1 Å². The second-order valence-electron chi connectivity index (χ2n) is 4.82. The summed E-state index contributed by atoms with van der Waals surface area (Å²) in [5.74, 6) is -1.50. The molecule has 22 heavy (non-hydrogen) atoms. The van der Waals surface area contributed by atoms with Gasteiger partial charge in [-0.1, -0.05) is 11.6 Å². The van der Waals surface area contributed by atoms with Crippen LogP contribution in [0.25, 0.3) is 5.57 Å². The summed E-state index contributed by atoms with van der Waals surface area (Å²) in [6.45, 7) is 0. The number of anilines is 1. The summed E-state index contributed by atoms with van der Waals surface area (Å²) in [4.78, 5) is 15.8. The quantitative estimate of drug-likeness (QED) is 0.846. The Labute approximate surface area is 130 Å². The average Bonchev–Trinajstić information content (AvgIpc) is 2.96. The summed E-state index contributed by atoms with van der Waals surface area (Å²) in [7, 11) is 1.19. The Kier molecular flexibility index (Phi) is 3.62. The Bertz CT molecular complexity index is 769. The molecule has 0 unspecified atom stereocenters. The van der Waals surface area contributed by atoms with Crippen LogP contribution in [0.3, 0.4) is 0 Å². The van der Waals surface area contributed by atoms with Gasteiger partial charge in [-0.15, -0.1) is 0 Å². The van der Waals surface area contributed by atoms with Crippen molar-refractivity contribution in [2.75, 3.05) is 12.8 Å². The maximum Gasteiger partial charge on any atom is 0.358 e. The van der Waals surface area contributed by atoms with Crippen molar-refractivity contribution < 1.29 is 18.7 Å². The normalized spacial score (nSPS) is 16.2. The van der Waals surface area contributed by atoms with Gasteiger partial charge in [-0.05, 0) is 35.6 Å². The number of nitrogen functional groups attached to an aromatic ring is 1. The molecule has 0 saturated carbocycles. The predicted octanol–water partition coefficient (Wildman–Crippen LogP) is 3.22. The number of carbonyl (C=O) groups excluding carboxylic acids is 1. The van der Waals surface area contributed by atoms with Crippen molar-refractivity contribution >= 4 is 28.8 Å². The number of fused-ring (bicyclic) bond motifs is 1. The highest BCUT2D eigenvalue weighted by atomic mass is 35.5. The van der Waals surface area contributed by atoms with Crippen LogP contribution in [0.15, 0.2) is 29.7 Å². The van der Waals surface area contributed by atoms with Crippen molar-refractivity contribution in [3.8, 4) is 0 Å². The van der Waals surface area contributed by atoms with E-state index in [1.807, 2.05) is 0 Å². The van der Waals surface area contributed by atoms with E-state index in [0.717, 1.165) is 11.1 Å². The molecule has 7 heteroatoms. The molecular weight excluding hydrogens is 311 g/mol. The summed E-state index contributed by atoms with van der Waals surface area (Å²) in [6, 6.07) is 0. The van der Waals surface area contributed by atoms with Gasteiger partial charge in [-0.2, -0.15) is 0 Å². The number of allylic oxidation sites excluding steroid dienone is 4. The summed E-state index contributed by atoms with van der Waals surface area (Å²) in [5, 5.41) is -0.241. The van der Waals surface area contributed by atoms with Crippen LogP contribution >= 0.6 is 11.6 Å². The van der Waals surface area contributed by atoms with Crippen molar-refractivity contribution in [3.05, 3.63) is 52.0 Å². The highest BCUT2D eigenvalue weighted by molar-refractivity contribution is 6.35. The van der Waals surface area contributed by atoms with Crippen LogP contribution in [0.1, 0.15) is 29.0 Å². The lowest BCUT2D eigenvalue weighted by Crippen LogP contribution is -2.11. The van der Waals surface area contributed by atoms with Crippen molar-refractivity contribution in [2.45, 2.75) is 12.8 Å². The average molecular weight is 323 g/mol. The first-order valence-corrected chi connectivity index (χ1v) is 6.90. The van der Waals surface area contributed by atoms with E-state index in [2.05, 4.69) is 9.72 Å². The molecule has 0 bridgehead atoms. The molecule has 2 aliphatic rings. The van der Waals surface area contributed by atoms with Gasteiger partial charge in [0.2, 0.25) is 0 Å². The first-order chi connectivity index (χ1) is 10.5. The zero-order valence-electron chi connectivity index (χ0n) is 11.7. The molecule has 0 radical (unpaired) electrons. The Balaban J connectivity index is 2.22. The Hall–Kier alpha value is -2.34. The lowest BCUT2D eigenvalue weighted by atomic mass is 10.0. The van der Waals surface area contributed by atoms with Crippen molar-refractivity contribution in [2.24, 2.45) is 0 Å². The molecule has 0 aromatic carbocycles. The van der Waals surface area contributed by atoms with Crippen molar-refractivity contribution in [3.63, 3.8) is 0 Å². The minimum atomic E-state index is -0.764. The van der Waals surface area contributed by atoms with Crippen LogP contribution in [0.5, 0.6) is 0 Å². The van der Waals surface area contributed by atoms with Gasteiger partial charge >= 0.3 is 5.97 Å². The Morgan fingerprint density at radius 3 is 3.00 bits per heavy atom. The first-order valence-electron chi connectivity index (χ1n) is 6.52. The van der Waals surface area contributed by atoms with Crippen LogP contribution in [-0.2, 0) is 9.47 Å². The molecule has 0 spiro atoms. The molecule has 0 fully saturated rings. The number of carbonyl (C=O) groups is 1. The zero-order chi connectivity index (χ0) is 15.9. The Morgan fingerprint density at radius 2 is 2.27 bits per heavy atom. The van der Waals surface area contributed by atoms with Gasteiger partial charge in [0.05, 0.1) is 30.3 Å². The number of halogens is 2. The maximum absolute atomic E-state index is 14.5. The lowest BCUT2D eigenvalue weighted by Gasteiger charge is -2.12. The number of ether oxygens (including phenoxy) is 2. The third-order valence-electron chi connectivity index (χ3n) is 3.62. The maximum atomic E-state index is 14.5. The first kappa shape index (κ1) is 14.6. The van der Waals surface area contributed by atoms with Gasteiger partial charge in [-0.3, -0.25) is 0 Å². The number of nitrogens with two attached hydrogens (primary N) is 1. The van der Waals surface area contributed by atoms with Crippen molar-refractivity contribution in [1.82, 2.24) is 4.98 Å². The van der Waals surface area contributed by atoms with E-state index in [1.165, 1.54) is 13.4 Å². The second-order valence-corrected chi connectivity index (χ2v) is 5.19. The van der Waals surface area contributed by atoms with Gasteiger partial charge < -0.3 is 15.2 Å². The van der Waals surface area contributed by atoms with E-state index in [1.54, 1.807) is 12.3 Å². The fraction of sp³-hybridized carbons (Fsp3) is 0.200. The molecule has 0 atom stereocenters. The van der Waals surface area contributed by atoms with Crippen molar-refractivity contribution in [1.29, 1.82) is 0 Å². The zero-order valence-corrected chi connectivity index (χ0v) is 12.4. The number of nitrogens with zero attached hydrogens (tertiary/aromatic N) is 1. The molecule has 1 aliphatic heterocycles. The largest absolute Gasteiger partial charge is 0.472 e. The molecular formula is C15H12ClFN2O3. The standard InChI is InChI=1S/C15H12ClFN2O3/c1-21-15(20)14-10(16)12(18)11(17)13(19-14)9-3-2-7-6-22-5-4-8(7)9/h4-6H,2-3H2,1H3,(H2,18,19). The number of pyridine rings is 1. The third-order valence-corrected chi connectivity index (χ3v) is 4.00. The summed E-state index contributed by atoms with van der Waals surface area (Å²) < 4.78 is 24.2. The fourth-order valence-electron chi connectivity index (χ4n) is 2.52. The fourth-order valence-corrected chi connectivity index (χ4v) is 2.72. The Morgan fingerprint density at radius 1 is 1.50 bits per heavy atom. The van der Waals surface area contributed by atoms with Crippen LogP contribution in [0.2, 0.25) is 5.02 Å². The smallest absolute Gasteiger partial charge is 0.358 e. The molecule has 114 valence electrons. The topological polar surface area (TPSA) is 74.4 Å². The molecule has 5 nitrogen and oxygen atoms in total. The third kappa shape index (κ3) is 2.16. The lowest BCUT2D eigenvalue weighted by molar-refractivity contribution is 0.0594. The number of hydrogen-bond acceptors (Lipinski definition) is 5. The van der Waals surface area contributed by atoms with Crippen LogP contribution in [-0.4, -0.2) is 18.1 Å². The molecule has 1 aliphatic carbocycles. The van der Waals surface area contributed by atoms with Crippen LogP contribution in [0, 0.1) is 5.82 Å². The van der Waals surface area contributed by atoms with Gasteiger partial charge in [0.1, 0.15) is 5.69 Å². The number of methoxy groups -OCH3 is 1. The number of rotatable bonds is 2. The predicted molar refractivity (Wildman–Crippen MR) is 79.4 cm³/mol. The van der Waals surface area contributed by atoms with E-state index >= 15 is 0 Å². The minimum absolute atomic E-state index is 0.0206. The number of aromatic nitrogens is 1. The molecule has 2 N–H and O–H groups in total. The number of esters is 1. The summed E-state index contributed by atoms with van der Waals surface area (Å²) >= 11 is 5.90. The van der Waals surface area contributed by atoms with Gasteiger partial charge in [0.25, 0.3) is 0 Å². The SMILES string of the molecule is COC(=O)c1nc(C2=C3C=COC=C3CC2)c(F)c(N)c1Cl. The highest BCUT2D eigenvalue weighted by Crippen LogP contribution is 2.41. The monoisotopic (exact) mass is 322 g/mol. The van der Waals surface area contributed by atoms with E-state index < -0.39 is 11.8 Å². The van der Waals surface area contributed by atoms with E-state index in [0.29, 0.717) is 18.4 Å². The van der Waals surface area contributed by atoms with Gasteiger partial charge in [0.15, 0.2) is 11.5 Å². The summed E-state index contributed by atoms with van der Waals surface area (Å²) in [6.07, 6.45) is 6.12. The molecule has 2 heterocycles. The minimum Gasteiger partial charge on any atom is -0.472 e. The highest BCUT2D eigenvalue weighted by Gasteiger charge is 2.28. The number of hydrogen-bond donors (Lipinski definition) is 1. The van der Waals surface area contributed by atoms with Gasteiger partial charge in [0, 0.05) is 0 Å². The van der Waals surface area contributed by atoms with Gasteiger partial charge in [-0.25, -0.2) is 14.2 Å². The second kappa shape index (κ2) is 5.46. The molecule has 0 amide bonds. The van der Waals surface area contributed by atoms with E-state index in [9.17, 15) is 9.18 Å². The summed E-state index contributed by atoms with van der Waals surface area (Å²) in [5.41, 5.74) is 7.63. The van der Waals surface area contributed by atoms with E-state index in [-0.39, 0.29) is 22.1 Å². The van der Waals surface area contributed by atoms with Crippen LogP contribution < -0.4 is 5.73 Å². The molecule has 1 aromatic rings. The van der Waals surface area contributed by atoms with E-state index in [4.69, 9.17) is 22.1 Å².